The van der Waals surface area contributed by atoms with Crippen LogP contribution in [-0.4, -0.2) is 31.3 Å². The molecule has 0 atom stereocenters. The molecule has 5 nitrogen and oxygen atoms in total. The first-order valence-corrected chi connectivity index (χ1v) is 7.83. The second kappa shape index (κ2) is 6.91. The van der Waals surface area contributed by atoms with Crippen LogP contribution < -0.4 is 4.90 Å². The predicted molar refractivity (Wildman–Crippen MR) is 90.6 cm³/mol. The van der Waals surface area contributed by atoms with Crippen LogP contribution in [0.25, 0.3) is 11.1 Å². The summed E-state index contributed by atoms with van der Waals surface area (Å²) in [6.45, 7) is 0.988. The Hall–Kier alpha value is -2.91. The zero-order chi connectivity index (χ0) is 18.0. The lowest BCUT2D eigenvalue weighted by atomic mass is 9.96. The van der Waals surface area contributed by atoms with Crippen LogP contribution in [0, 0.1) is 23.1 Å². The molecule has 0 spiro atoms. The van der Waals surface area contributed by atoms with Crippen LogP contribution >= 0.6 is 0 Å². The van der Waals surface area contributed by atoms with Gasteiger partial charge in [-0.2, -0.15) is 5.26 Å². The van der Waals surface area contributed by atoms with E-state index >= 15 is 0 Å². The van der Waals surface area contributed by atoms with Gasteiger partial charge in [0, 0.05) is 25.8 Å². The molecule has 1 aliphatic rings. The topological polar surface area (TPSA) is 73.6 Å². The lowest BCUT2D eigenvalue weighted by molar-refractivity contribution is -0.142. The summed E-state index contributed by atoms with van der Waals surface area (Å²) in [5.41, 5.74) is 3.04. The molecule has 0 bridgehead atoms. The van der Waals surface area contributed by atoms with Gasteiger partial charge in [0.2, 0.25) is 0 Å². The molecule has 0 radical (unpaired) electrons. The Morgan fingerprint density at radius 3 is 2.60 bits per heavy atom. The summed E-state index contributed by atoms with van der Waals surface area (Å²) >= 11 is 0. The first-order valence-electron chi connectivity index (χ1n) is 7.83. The first-order chi connectivity index (χ1) is 12.0. The Labute approximate surface area is 144 Å². The smallest absolute Gasteiger partial charge is 0.310 e. The van der Waals surface area contributed by atoms with Gasteiger partial charge in [-0.25, -0.2) is 4.39 Å². The van der Waals surface area contributed by atoms with E-state index < -0.39 is 11.9 Å². The third-order valence-electron chi connectivity index (χ3n) is 4.37. The number of rotatable bonds is 5. The van der Waals surface area contributed by atoms with Crippen LogP contribution in [0.5, 0.6) is 0 Å². The third kappa shape index (κ3) is 3.32. The number of aliphatic carboxylic acids is 1. The number of benzene rings is 2. The molecule has 0 saturated carbocycles. The molecular formula is C19H17FN2O3. The van der Waals surface area contributed by atoms with Gasteiger partial charge >= 0.3 is 5.97 Å². The number of halogens is 1. The fourth-order valence-corrected chi connectivity index (χ4v) is 2.91. The summed E-state index contributed by atoms with van der Waals surface area (Å²) in [5, 5.41) is 18.4. The van der Waals surface area contributed by atoms with Crippen LogP contribution in [0.1, 0.15) is 11.1 Å². The SMILES string of the molecule is COCc1ccc(-c2ccc(N3CC(C(=O)O)C3)c(C#N)c2)cc1F. The van der Waals surface area contributed by atoms with Gasteiger partial charge in [-0.05, 0) is 29.3 Å². The molecule has 1 aliphatic heterocycles. The summed E-state index contributed by atoms with van der Waals surface area (Å²) in [7, 11) is 1.51. The zero-order valence-corrected chi connectivity index (χ0v) is 13.7. The minimum atomic E-state index is -0.821. The van der Waals surface area contributed by atoms with Crippen LogP contribution in [0.4, 0.5) is 10.1 Å². The number of hydrogen-bond acceptors (Lipinski definition) is 4. The molecule has 1 fully saturated rings. The third-order valence-corrected chi connectivity index (χ3v) is 4.37. The quantitative estimate of drug-likeness (QED) is 0.906. The van der Waals surface area contributed by atoms with Crippen LogP contribution in [0.3, 0.4) is 0 Å². The second-order valence-electron chi connectivity index (χ2n) is 6.02. The Morgan fingerprint density at radius 1 is 1.32 bits per heavy atom. The molecule has 6 heteroatoms. The number of ether oxygens (including phenoxy) is 1. The van der Waals surface area contributed by atoms with Crippen molar-refractivity contribution in [3.8, 4) is 17.2 Å². The van der Waals surface area contributed by atoms with Crippen molar-refractivity contribution in [1.29, 1.82) is 5.26 Å². The van der Waals surface area contributed by atoms with E-state index in [0.29, 0.717) is 35.5 Å². The lowest BCUT2D eigenvalue weighted by Crippen LogP contribution is -2.50. The van der Waals surface area contributed by atoms with E-state index in [-0.39, 0.29) is 12.4 Å². The fraction of sp³-hybridized carbons (Fsp3) is 0.263. The molecule has 1 heterocycles. The summed E-state index contributed by atoms with van der Waals surface area (Å²) in [6.07, 6.45) is 0. The number of anilines is 1. The lowest BCUT2D eigenvalue weighted by Gasteiger charge is -2.39. The minimum Gasteiger partial charge on any atom is -0.481 e. The maximum Gasteiger partial charge on any atom is 0.310 e. The Kier molecular flexibility index (Phi) is 4.68. The van der Waals surface area contributed by atoms with E-state index in [1.807, 2.05) is 11.0 Å². The number of hydrogen-bond donors (Lipinski definition) is 1. The van der Waals surface area contributed by atoms with Gasteiger partial charge in [0.05, 0.1) is 23.8 Å². The van der Waals surface area contributed by atoms with Crippen molar-refractivity contribution in [1.82, 2.24) is 0 Å². The predicted octanol–water partition coefficient (Wildman–Crippen LogP) is 3.03. The maximum absolute atomic E-state index is 14.1. The molecule has 25 heavy (non-hydrogen) atoms. The number of nitriles is 1. The van der Waals surface area contributed by atoms with Gasteiger partial charge in [-0.15, -0.1) is 0 Å². The average molecular weight is 340 g/mol. The fourth-order valence-electron chi connectivity index (χ4n) is 2.91. The van der Waals surface area contributed by atoms with Gasteiger partial charge in [0.1, 0.15) is 11.9 Å². The van der Waals surface area contributed by atoms with Crippen LogP contribution in [0.15, 0.2) is 36.4 Å². The van der Waals surface area contributed by atoms with Gasteiger partial charge in [0.25, 0.3) is 0 Å². The Balaban J connectivity index is 1.86. The number of methoxy groups -OCH3 is 1. The van der Waals surface area contributed by atoms with Crippen molar-refractivity contribution < 1.29 is 19.0 Å². The van der Waals surface area contributed by atoms with Gasteiger partial charge in [-0.3, -0.25) is 4.79 Å². The molecule has 0 aliphatic carbocycles. The van der Waals surface area contributed by atoms with Crippen molar-refractivity contribution in [2.24, 2.45) is 5.92 Å². The van der Waals surface area contributed by atoms with Crippen molar-refractivity contribution in [2.75, 3.05) is 25.1 Å². The van der Waals surface area contributed by atoms with E-state index in [9.17, 15) is 14.4 Å². The number of carboxylic acid groups (broad SMARTS) is 1. The number of nitrogens with zero attached hydrogens (tertiary/aromatic N) is 2. The number of carboxylic acids is 1. The van der Waals surface area contributed by atoms with Gasteiger partial charge < -0.3 is 14.7 Å². The van der Waals surface area contributed by atoms with Gasteiger partial charge in [0.15, 0.2) is 0 Å². The highest BCUT2D eigenvalue weighted by Crippen LogP contribution is 2.32. The highest BCUT2D eigenvalue weighted by Gasteiger charge is 2.33. The molecule has 0 aromatic heterocycles. The Bertz CT molecular complexity index is 854. The molecule has 1 saturated heterocycles. The van der Waals surface area contributed by atoms with Crippen LogP contribution in [0.2, 0.25) is 0 Å². The molecule has 2 aromatic carbocycles. The van der Waals surface area contributed by atoms with E-state index in [1.54, 1.807) is 24.3 Å². The Morgan fingerprint density at radius 2 is 2.00 bits per heavy atom. The van der Waals surface area contributed by atoms with E-state index in [0.717, 1.165) is 5.56 Å². The van der Waals surface area contributed by atoms with Crippen molar-refractivity contribution in [3.63, 3.8) is 0 Å². The molecule has 2 aromatic rings. The van der Waals surface area contributed by atoms with Gasteiger partial charge in [-0.1, -0.05) is 18.2 Å². The summed E-state index contributed by atoms with van der Waals surface area (Å²) < 4.78 is 19.0. The van der Waals surface area contributed by atoms with E-state index in [1.165, 1.54) is 13.2 Å². The highest BCUT2D eigenvalue weighted by molar-refractivity contribution is 5.77. The molecule has 0 unspecified atom stereocenters. The normalized spacial score (nSPS) is 14.0. The molecule has 1 N–H and O–H groups in total. The molecule has 128 valence electrons. The summed E-state index contributed by atoms with van der Waals surface area (Å²) in [5.74, 6) is -1.57. The summed E-state index contributed by atoms with van der Waals surface area (Å²) in [6, 6.07) is 12.3. The first kappa shape index (κ1) is 16.9. The molecule has 0 amide bonds. The minimum absolute atomic E-state index is 0.203. The monoisotopic (exact) mass is 340 g/mol. The standard InChI is InChI=1S/C19H17FN2O3/c1-25-11-14-3-2-13(7-17(14)20)12-4-5-18(15(6-12)8-21)22-9-16(10-22)19(23)24/h2-7,16H,9-11H2,1H3,(H,23,24). The second-order valence-corrected chi connectivity index (χ2v) is 6.02. The maximum atomic E-state index is 14.1. The van der Waals surface area contributed by atoms with E-state index in [2.05, 4.69) is 6.07 Å². The van der Waals surface area contributed by atoms with Crippen molar-refractivity contribution >= 4 is 11.7 Å². The largest absolute Gasteiger partial charge is 0.481 e. The number of carbonyl (C=O) groups is 1. The molecular weight excluding hydrogens is 323 g/mol. The van der Waals surface area contributed by atoms with Crippen molar-refractivity contribution in [2.45, 2.75) is 6.61 Å². The van der Waals surface area contributed by atoms with Crippen molar-refractivity contribution in [3.05, 3.63) is 53.3 Å². The average Bonchev–Trinajstić information content (AvgIpc) is 2.55. The highest BCUT2D eigenvalue weighted by atomic mass is 19.1. The van der Waals surface area contributed by atoms with Crippen LogP contribution in [-0.2, 0) is 16.1 Å². The molecule has 3 rings (SSSR count). The van der Waals surface area contributed by atoms with E-state index in [4.69, 9.17) is 9.84 Å². The summed E-state index contributed by atoms with van der Waals surface area (Å²) in [4.78, 5) is 12.8. The zero-order valence-electron chi connectivity index (χ0n) is 13.7.